The van der Waals surface area contributed by atoms with Gasteiger partial charge >= 0.3 is 0 Å². The maximum Gasteiger partial charge on any atom is 0.0281 e. The lowest BCUT2D eigenvalue weighted by Crippen LogP contribution is -2.57. The highest BCUT2D eigenvalue weighted by Gasteiger charge is 2.32. The molecule has 1 atom stereocenters. The fraction of sp³-hybridized carbons (Fsp3) is 1.00. The Balaban J connectivity index is 1.87. The maximum atomic E-state index is 3.47. The van der Waals surface area contributed by atoms with Crippen molar-refractivity contribution in [3.05, 3.63) is 0 Å². The number of likely N-dealkylation sites (tertiary alicyclic amines) is 1. The van der Waals surface area contributed by atoms with Crippen molar-refractivity contribution >= 4 is 0 Å². The first-order valence-electron chi connectivity index (χ1n) is 8.97. The Hall–Kier alpha value is -0.120. The van der Waals surface area contributed by atoms with Crippen LogP contribution in [0.15, 0.2) is 0 Å². The summed E-state index contributed by atoms with van der Waals surface area (Å²) in [6.45, 7) is 20.6. The number of hydrogen-bond acceptors (Lipinski definition) is 3. The predicted molar refractivity (Wildman–Crippen MR) is 91.8 cm³/mol. The monoisotopic (exact) mass is 295 g/mol. The zero-order valence-corrected chi connectivity index (χ0v) is 15.0. The SMILES string of the molecule is CC(C)(C)C1CCCN(CC(C)(C)N2CCNCC2)CC1. The van der Waals surface area contributed by atoms with Crippen molar-refractivity contribution in [3.8, 4) is 0 Å². The lowest BCUT2D eigenvalue weighted by atomic mass is 9.77. The predicted octanol–water partition coefficient (Wildman–Crippen LogP) is 2.82. The van der Waals surface area contributed by atoms with E-state index in [-0.39, 0.29) is 0 Å². The van der Waals surface area contributed by atoms with Crippen molar-refractivity contribution in [1.29, 1.82) is 0 Å². The zero-order valence-electron chi connectivity index (χ0n) is 15.0. The molecule has 2 aliphatic rings. The van der Waals surface area contributed by atoms with E-state index >= 15 is 0 Å². The molecule has 2 fully saturated rings. The number of nitrogens with one attached hydrogen (secondary N) is 1. The second-order valence-corrected chi connectivity index (χ2v) is 8.82. The minimum atomic E-state index is 0.309. The Labute approximate surface area is 132 Å². The number of rotatable bonds is 3. The molecule has 2 aliphatic heterocycles. The molecule has 1 unspecified atom stereocenters. The molecule has 0 bridgehead atoms. The van der Waals surface area contributed by atoms with Gasteiger partial charge in [-0.2, -0.15) is 0 Å². The van der Waals surface area contributed by atoms with Gasteiger partial charge in [0.1, 0.15) is 0 Å². The lowest BCUT2D eigenvalue weighted by molar-refractivity contribution is 0.0631. The van der Waals surface area contributed by atoms with Gasteiger partial charge in [-0.25, -0.2) is 0 Å². The van der Waals surface area contributed by atoms with E-state index in [1.807, 2.05) is 0 Å². The minimum absolute atomic E-state index is 0.309. The molecule has 3 nitrogen and oxygen atoms in total. The lowest BCUT2D eigenvalue weighted by Gasteiger charge is -2.43. The summed E-state index contributed by atoms with van der Waals surface area (Å²) in [6, 6.07) is 0. The molecule has 0 aromatic rings. The van der Waals surface area contributed by atoms with Crippen LogP contribution in [0.3, 0.4) is 0 Å². The fourth-order valence-electron chi connectivity index (χ4n) is 4.10. The third kappa shape index (κ3) is 4.94. The third-order valence-corrected chi connectivity index (χ3v) is 5.63. The first-order chi connectivity index (χ1) is 9.79. The second kappa shape index (κ2) is 6.97. The van der Waals surface area contributed by atoms with Crippen LogP contribution in [0.4, 0.5) is 0 Å². The Morgan fingerprint density at radius 3 is 2.19 bits per heavy atom. The van der Waals surface area contributed by atoms with Gasteiger partial charge < -0.3 is 10.2 Å². The quantitative estimate of drug-likeness (QED) is 0.864. The molecule has 21 heavy (non-hydrogen) atoms. The molecule has 0 saturated carbocycles. The summed E-state index contributed by atoms with van der Waals surface area (Å²) in [5.41, 5.74) is 0.785. The molecule has 0 amide bonds. The molecule has 2 rings (SSSR count). The summed E-state index contributed by atoms with van der Waals surface area (Å²) < 4.78 is 0. The van der Waals surface area contributed by atoms with E-state index in [0.29, 0.717) is 11.0 Å². The highest BCUT2D eigenvalue weighted by Crippen LogP contribution is 2.34. The second-order valence-electron chi connectivity index (χ2n) is 8.82. The summed E-state index contributed by atoms with van der Waals surface area (Å²) in [6.07, 6.45) is 4.16. The first-order valence-corrected chi connectivity index (χ1v) is 8.97. The van der Waals surface area contributed by atoms with E-state index in [1.165, 1.54) is 52.0 Å². The van der Waals surface area contributed by atoms with Crippen LogP contribution in [0.2, 0.25) is 0 Å². The van der Waals surface area contributed by atoms with Crippen LogP contribution >= 0.6 is 0 Å². The molecule has 1 N–H and O–H groups in total. The van der Waals surface area contributed by atoms with Crippen molar-refractivity contribution < 1.29 is 0 Å². The molecular weight excluding hydrogens is 258 g/mol. The molecule has 2 saturated heterocycles. The highest BCUT2D eigenvalue weighted by atomic mass is 15.3. The van der Waals surface area contributed by atoms with E-state index < -0.39 is 0 Å². The van der Waals surface area contributed by atoms with Gasteiger partial charge in [0, 0.05) is 38.3 Å². The van der Waals surface area contributed by atoms with E-state index in [1.54, 1.807) is 0 Å². The van der Waals surface area contributed by atoms with Crippen molar-refractivity contribution in [1.82, 2.24) is 15.1 Å². The maximum absolute atomic E-state index is 3.47. The Morgan fingerprint density at radius 2 is 1.57 bits per heavy atom. The van der Waals surface area contributed by atoms with Gasteiger partial charge in [-0.1, -0.05) is 20.8 Å². The summed E-state index contributed by atoms with van der Waals surface area (Å²) in [5.74, 6) is 0.893. The van der Waals surface area contributed by atoms with Gasteiger partial charge in [0.25, 0.3) is 0 Å². The van der Waals surface area contributed by atoms with Crippen LogP contribution in [0.1, 0.15) is 53.9 Å². The van der Waals surface area contributed by atoms with Crippen molar-refractivity contribution in [2.24, 2.45) is 11.3 Å². The smallest absolute Gasteiger partial charge is 0.0281 e. The Kier molecular flexibility index (Phi) is 5.72. The van der Waals surface area contributed by atoms with Gasteiger partial charge in [-0.15, -0.1) is 0 Å². The summed E-state index contributed by atoms with van der Waals surface area (Å²) in [7, 11) is 0. The van der Waals surface area contributed by atoms with Crippen molar-refractivity contribution in [2.75, 3.05) is 45.8 Å². The van der Waals surface area contributed by atoms with E-state index in [9.17, 15) is 0 Å². The Bertz CT molecular complexity index is 313. The standard InChI is InChI=1S/C18H37N3/c1-17(2,3)16-7-6-11-20(12-8-16)15-18(4,5)21-13-9-19-10-14-21/h16,19H,6-15H2,1-5H3. The van der Waals surface area contributed by atoms with E-state index in [4.69, 9.17) is 0 Å². The molecule has 3 heteroatoms. The highest BCUT2D eigenvalue weighted by molar-refractivity contribution is 4.89. The van der Waals surface area contributed by atoms with Gasteiger partial charge in [0.05, 0.1) is 0 Å². The average Bonchev–Trinajstić information content (AvgIpc) is 2.64. The first kappa shape index (κ1) is 17.2. The number of piperazine rings is 1. The van der Waals surface area contributed by atoms with Crippen LogP contribution in [-0.2, 0) is 0 Å². The van der Waals surface area contributed by atoms with Crippen molar-refractivity contribution in [2.45, 2.75) is 59.4 Å². The molecule has 124 valence electrons. The van der Waals surface area contributed by atoms with Crippen LogP contribution < -0.4 is 5.32 Å². The molecule has 0 radical (unpaired) electrons. The number of nitrogens with zero attached hydrogens (tertiary/aromatic N) is 2. The van der Waals surface area contributed by atoms with Crippen LogP contribution in [-0.4, -0.2) is 61.2 Å². The molecule has 0 aromatic heterocycles. The summed E-state index contributed by atoms with van der Waals surface area (Å²) >= 11 is 0. The molecule has 0 spiro atoms. The van der Waals surface area contributed by atoms with Gasteiger partial charge in [-0.05, 0) is 57.5 Å². The minimum Gasteiger partial charge on any atom is -0.314 e. The fourth-order valence-corrected chi connectivity index (χ4v) is 4.10. The van der Waals surface area contributed by atoms with E-state index in [2.05, 4.69) is 49.7 Å². The van der Waals surface area contributed by atoms with Crippen LogP contribution in [0, 0.1) is 11.3 Å². The third-order valence-electron chi connectivity index (χ3n) is 5.63. The van der Waals surface area contributed by atoms with Gasteiger partial charge in [-0.3, -0.25) is 4.90 Å². The largest absolute Gasteiger partial charge is 0.314 e. The number of hydrogen-bond donors (Lipinski definition) is 1. The van der Waals surface area contributed by atoms with Crippen LogP contribution in [0.5, 0.6) is 0 Å². The van der Waals surface area contributed by atoms with Gasteiger partial charge in [0.15, 0.2) is 0 Å². The molecular formula is C18H37N3. The normalized spacial score (nSPS) is 27.6. The summed E-state index contributed by atoms with van der Waals surface area (Å²) in [4.78, 5) is 5.41. The zero-order chi connectivity index (χ0) is 15.5. The van der Waals surface area contributed by atoms with E-state index in [0.717, 1.165) is 19.0 Å². The topological polar surface area (TPSA) is 18.5 Å². The van der Waals surface area contributed by atoms with Crippen LogP contribution in [0.25, 0.3) is 0 Å². The summed E-state index contributed by atoms with van der Waals surface area (Å²) in [5, 5.41) is 3.47. The molecule has 0 aliphatic carbocycles. The van der Waals surface area contributed by atoms with Gasteiger partial charge in [0.2, 0.25) is 0 Å². The average molecular weight is 296 g/mol. The Morgan fingerprint density at radius 1 is 0.905 bits per heavy atom. The molecule has 2 heterocycles. The molecule has 0 aromatic carbocycles. The van der Waals surface area contributed by atoms with Crippen molar-refractivity contribution in [3.63, 3.8) is 0 Å².